The molecule has 1 saturated heterocycles. The Bertz CT molecular complexity index is 1250. The van der Waals surface area contributed by atoms with Crippen LogP contribution in [0.15, 0.2) is 66.7 Å². The molecule has 4 heteroatoms. The summed E-state index contributed by atoms with van der Waals surface area (Å²) in [6.45, 7) is 7.95. The molecule has 31 heavy (non-hydrogen) atoms. The van der Waals surface area contributed by atoms with Crippen molar-refractivity contribution in [3.05, 3.63) is 94.8 Å². The highest BCUT2D eigenvalue weighted by atomic mass is 16.2. The fourth-order valence-corrected chi connectivity index (χ4v) is 4.93. The second-order valence-corrected chi connectivity index (χ2v) is 8.66. The molecule has 0 saturated carbocycles. The van der Waals surface area contributed by atoms with Crippen LogP contribution in [0.1, 0.15) is 40.4 Å². The average molecular weight is 410 g/mol. The van der Waals surface area contributed by atoms with Crippen molar-refractivity contribution < 1.29 is 4.79 Å². The predicted molar refractivity (Wildman–Crippen MR) is 126 cm³/mol. The number of benzene rings is 3. The van der Waals surface area contributed by atoms with Gasteiger partial charge in [0.25, 0.3) is 0 Å². The third kappa shape index (κ3) is 3.52. The van der Waals surface area contributed by atoms with Gasteiger partial charge >= 0.3 is 0 Å². The molecule has 1 aliphatic heterocycles. The van der Waals surface area contributed by atoms with Crippen LogP contribution in [0, 0.1) is 20.8 Å². The average Bonchev–Trinajstić information content (AvgIpc) is 3.32. The fourth-order valence-electron chi connectivity index (χ4n) is 4.93. The van der Waals surface area contributed by atoms with E-state index in [1.165, 1.54) is 22.3 Å². The minimum absolute atomic E-state index is 0.0752. The maximum Gasteiger partial charge on any atom is 0.227 e. The van der Waals surface area contributed by atoms with Crippen molar-refractivity contribution in [1.29, 1.82) is 0 Å². The highest BCUT2D eigenvalue weighted by Crippen LogP contribution is 2.34. The SMILES string of the molecule is Cc1cc(C)c(Cn2c(C3CC(=O)N(c4ccccc4)C3)nc3ccccc32)c(C)c1. The molecule has 1 aliphatic rings. The van der Waals surface area contributed by atoms with Crippen molar-refractivity contribution in [2.45, 2.75) is 39.7 Å². The summed E-state index contributed by atoms with van der Waals surface area (Å²) in [6, 6.07) is 22.7. The maximum atomic E-state index is 12.9. The number of carbonyl (C=O) groups excluding carboxylic acids is 1. The molecule has 156 valence electrons. The van der Waals surface area contributed by atoms with E-state index in [9.17, 15) is 4.79 Å². The van der Waals surface area contributed by atoms with Gasteiger partial charge in [-0.3, -0.25) is 4.79 Å². The lowest BCUT2D eigenvalue weighted by molar-refractivity contribution is -0.117. The molecule has 4 nitrogen and oxygen atoms in total. The molecule has 3 aromatic carbocycles. The molecule has 1 amide bonds. The number of rotatable bonds is 4. The van der Waals surface area contributed by atoms with Gasteiger partial charge in [-0.1, -0.05) is 48.0 Å². The van der Waals surface area contributed by atoms with E-state index < -0.39 is 0 Å². The monoisotopic (exact) mass is 409 g/mol. The first-order valence-electron chi connectivity index (χ1n) is 10.9. The number of para-hydroxylation sites is 3. The van der Waals surface area contributed by atoms with E-state index in [-0.39, 0.29) is 11.8 Å². The minimum Gasteiger partial charge on any atom is -0.323 e. The molecule has 1 unspecified atom stereocenters. The van der Waals surface area contributed by atoms with E-state index in [2.05, 4.69) is 55.7 Å². The summed E-state index contributed by atoms with van der Waals surface area (Å²) in [5.74, 6) is 1.25. The summed E-state index contributed by atoms with van der Waals surface area (Å²) >= 11 is 0. The smallest absolute Gasteiger partial charge is 0.227 e. The van der Waals surface area contributed by atoms with Crippen LogP contribution in [-0.2, 0) is 11.3 Å². The number of fused-ring (bicyclic) bond motifs is 1. The lowest BCUT2D eigenvalue weighted by Crippen LogP contribution is -2.24. The predicted octanol–water partition coefficient (Wildman–Crippen LogP) is 5.53. The lowest BCUT2D eigenvalue weighted by atomic mass is 9.99. The molecule has 1 atom stereocenters. The van der Waals surface area contributed by atoms with Crippen LogP contribution in [0.4, 0.5) is 5.69 Å². The molecule has 0 N–H and O–H groups in total. The number of anilines is 1. The normalized spacial score (nSPS) is 16.4. The highest BCUT2D eigenvalue weighted by Gasteiger charge is 2.34. The molecule has 4 aromatic rings. The number of aromatic nitrogens is 2. The van der Waals surface area contributed by atoms with E-state index in [0.717, 1.165) is 29.1 Å². The zero-order chi connectivity index (χ0) is 21.5. The number of hydrogen-bond acceptors (Lipinski definition) is 2. The molecule has 5 rings (SSSR count). The minimum atomic E-state index is 0.0752. The maximum absolute atomic E-state index is 12.9. The van der Waals surface area contributed by atoms with E-state index >= 15 is 0 Å². The molecular weight excluding hydrogens is 382 g/mol. The largest absolute Gasteiger partial charge is 0.323 e. The Morgan fingerprint density at radius 2 is 1.61 bits per heavy atom. The summed E-state index contributed by atoms with van der Waals surface area (Å²) < 4.78 is 2.33. The van der Waals surface area contributed by atoms with Gasteiger partial charge in [0.2, 0.25) is 5.91 Å². The summed E-state index contributed by atoms with van der Waals surface area (Å²) in [5, 5.41) is 0. The van der Waals surface area contributed by atoms with Gasteiger partial charge in [-0.2, -0.15) is 0 Å². The second-order valence-electron chi connectivity index (χ2n) is 8.66. The first kappa shape index (κ1) is 19.6. The standard InChI is InChI=1S/C27H27N3O/c1-18-13-19(2)23(20(3)14-18)17-30-25-12-8-7-11-24(25)28-27(30)21-15-26(31)29(16-21)22-9-5-4-6-10-22/h4-14,21H,15-17H2,1-3H3. The zero-order valence-electron chi connectivity index (χ0n) is 18.3. The molecule has 1 fully saturated rings. The summed E-state index contributed by atoms with van der Waals surface area (Å²) in [7, 11) is 0. The van der Waals surface area contributed by atoms with Crippen molar-refractivity contribution in [1.82, 2.24) is 9.55 Å². The number of nitrogens with zero attached hydrogens (tertiary/aromatic N) is 3. The Labute approximate surface area is 183 Å². The third-order valence-corrected chi connectivity index (χ3v) is 6.40. The molecule has 1 aromatic heterocycles. The van der Waals surface area contributed by atoms with Crippen LogP contribution in [0.5, 0.6) is 0 Å². The van der Waals surface area contributed by atoms with Crippen molar-refractivity contribution in [3.8, 4) is 0 Å². The van der Waals surface area contributed by atoms with E-state index in [0.29, 0.717) is 13.0 Å². The Kier molecular flexibility index (Phi) is 4.85. The van der Waals surface area contributed by atoms with Gasteiger partial charge in [0.1, 0.15) is 5.82 Å². The van der Waals surface area contributed by atoms with Crippen molar-refractivity contribution in [2.24, 2.45) is 0 Å². The van der Waals surface area contributed by atoms with Crippen molar-refractivity contribution >= 4 is 22.6 Å². The van der Waals surface area contributed by atoms with Crippen LogP contribution >= 0.6 is 0 Å². The molecule has 0 spiro atoms. The van der Waals surface area contributed by atoms with Gasteiger partial charge < -0.3 is 9.47 Å². The van der Waals surface area contributed by atoms with Gasteiger partial charge in [0.05, 0.1) is 11.0 Å². The van der Waals surface area contributed by atoms with Gasteiger partial charge in [-0.15, -0.1) is 0 Å². The Hall–Kier alpha value is -3.40. The molecule has 0 aliphatic carbocycles. The Morgan fingerprint density at radius 1 is 0.935 bits per heavy atom. The zero-order valence-corrected chi connectivity index (χ0v) is 18.3. The molecular formula is C27H27N3O. The van der Waals surface area contributed by atoms with Crippen molar-refractivity contribution in [2.75, 3.05) is 11.4 Å². The summed E-state index contributed by atoms with van der Waals surface area (Å²) in [5.41, 5.74) is 8.30. The number of imidazole rings is 1. The number of hydrogen-bond donors (Lipinski definition) is 0. The number of amides is 1. The van der Waals surface area contributed by atoms with Gasteiger partial charge in [0.15, 0.2) is 0 Å². The van der Waals surface area contributed by atoms with Crippen LogP contribution in [0.25, 0.3) is 11.0 Å². The first-order valence-corrected chi connectivity index (χ1v) is 10.9. The van der Waals surface area contributed by atoms with E-state index in [4.69, 9.17) is 4.98 Å². The molecule has 0 bridgehead atoms. The van der Waals surface area contributed by atoms with Gasteiger partial charge in [-0.25, -0.2) is 4.98 Å². The molecule has 0 radical (unpaired) electrons. The summed E-state index contributed by atoms with van der Waals surface area (Å²) in [4.78, 5) is 19.8. The number of carbonyl (C=O) groups is 1. The van der Waals surface area contributed by atoms with Crippen LogP contribution in [0.3, 0.4) is 0 Å². The van der Waals surface area contributed by atoms with Crippen molar-refractivity contribution in [3.63, 3.8) is 0 Å². The Balaban J connectivity index is 1.57. The van der Waals surface area contributed by atoms with Gasteiger partial charge in [-0.05, 0) is 61.7 Å². The Morgan fingerprint density at radius 3 is 2.35 bits per heavy atom. The third-order valence-electron chi connectivity index (χ3n) is 6.40. The number of aryl methyl sites for hydroxylation is 3. The van der Waals surface area contributed by atoms with Gasteiger partial charge in [0, 0.05) is 31.1 Å². The second kappa shape index (κ2) is 7.69. The van der Waals surface area contributed by atoms with E-state index in [1.807, 2.05) is 41.3 Å². The lowest BCUT2D eigenvalue weighted by Gasteiger charge is -2.19. The van der Waals surface area contributed by atoms with Crippen LogP contribution in [0.2, 0.25) is 0 Å². The van der Waals surface area contributed by atoms with Crippen LogP contribution in [-0.4, -0.2) is 22.0 Å². The summed E-state index contributed by atoms with van der Waals surface area (Å²) in [6.07, 6.45) is 0.490. The topological polar surface area (TPSA) is 38.1 Å². The van der Waals surface area contributed by atoms with Crippen LogP contribution < -0.4 is 4.90 Å². The fraction of sp³-hybridized carbons (Fsp3) is 0.259. The first-order chi connectivity index (χ1) is 15.0. The van der Waals surface area contributed by atoms with E-state index in [1.54, 1.807) is 0 Å². The highest BCUT2D eigenvalue weighted by molar-refractivity contribution is 5.96. The quantitative estimate of drug-likeness (QED) is 0.444. The molecule has 2 heterocycles.